The van der Waals surface area contributed by atoms with Crippen LogP contribution in [0.25, 0.3) is 6.08 Å². The number of alkyl halides is 9. The number of benzene rings is 1. The Labute approximate surface area is 178 Å². The molecule has 0 amide bonds. The van der Waals surface area contributed by atoms with E-state index in [1.807, 2.05) is 0 Å². The van der Waals surface area contributed by atoms with Crippen LogP contribution in [0.5, 0.6) is 5.75 Å². The van der Waals surface area contributed by atoms with Crippen molar-refractivity contribution in [1.82, 2.24) is 0 Å². The van der Waals surface area contributed by atoms with Crippen LogP contribution in [0.15, 0.2) is 47.1 Å². The number of halogens is 9. The molecule has 0 heterocycles. The SMILES string of the molecule is CCOc1cc(C=C2C=CC(C(F)(F)F)=C(C(F)(F)F)C2C)ccc1C(Cl)(Cl)Cl. The summed E-state index contributed by atoms with van der Waals surface area (Å²) in [7, 11) is 0. The Kier molecular flexibility index (Phi) is 6.97. The molecule has 0 fully saturated rings. The smallest absolute Gasteiger partial charge is 0.416 e. The minimum atomic E-state index is -5.13. The van der Waals surface area contributed by atoms with Crippen LogP contribution in [0, 0.1) is 5.92 Å². The Morgan fingerprint density at radius 3 is 2.10 bits per heavy atom. The van der Waals surface area contributed by atoms with Crippen molar-refractivity contribution in [1.29, 1.82) is 0 Å². The Morgan fingerprint density at radius 1 is 1.00 bits per heavy atom. The summed E-state index contributed by atoms with van der Waals surface area (Å²) in [5, 5.41) is 0. The summed E-state index contributed by atoms with van der Waals surface area (Å²) in [4.78, 5) is 0. The van der Waals surface area contributed by atoms with Gasteiger partial charge in [-0.3, -0.25) is 0 Å². The second kappa shape index (κ2) is 8.44. The third-order valence-electron chi connectivity index (χ3n) is 4.22. The van der Waals surface area contributed by atoms with Gasteiger partial charge < -0.3 is 4.74 Å². The van der Waals surface area contributed by atoms with Crippen molar-refractivity contribution in [3.05, 3.63) is 58.2 Å². The van der Waals surface area contributed by atoms with Crippen LogP contribution in [0.4, 0.5) is 26.3 Å². The molecule has 0 N–H and O–H groups in total. The van der Waals surface area contributed by atoms with E-state index in [4.69, 9.17) is 39.5 Å². The Bertz CT molecular complexity index is 860. The minimum absolute atomic E-state index is 0.0504. The molecule has 0 saturated carbocycles. The molecule has 1 unspecified atom stereocenters. The number of ether oxygens (including phenoxy) is 1. The van der Waals surface area contributed by atoms with E-state index in [2.05, 4.69) is 0 Å². The Hall–Kier alpha value is -1.31. The summed E-state index contributed by atoms with van der Waals surface area (Å²) in [6.45, 7) is 3.00. The zero-order valence-electron chi connectivity index (χ0n) is 15.1. The van der Waals surface area contributed by atoms with E-state index in [1.165, 1.54) is 24.3 Å². The van der Waals surface area contributed by atoms with Crippen LogP contribution in [0.2, 0.25) is 0 Å². The zero-order chi connectivity index (χ0) is 22.2. The van der Waals surface area contributed by atoms with Crippen LogP contribution in [0.3, 0.4) is 0 Å². The first-order valence-corrected chi connectivity index (χ1v) is 9.42. The van der Waals surface area contributed by atoms with E-state index < -0.39 is 33.2 Å². The lowest BCUT2D eigenvalue weighted by Crippen LogP contribution is -2.28. The van der Waals surface area contributed by atoms with Gasteiger partial charge in [-0.1, -0.05) is 66.0 Å². The lowest BCUT2D eigenvalue weighted by molar-refractivity contribution is -0.117. The van der Waals surface area contributed by atoms with Gasteiger partial charge in [-0.2, -0.15) is 26.3 Å². The fraction of sp³-hybridized carbons (Fsp3) is 0.368. The van der Waals surface area contributed by atoms with Gasteiger partial charge in [0.2, 0.25) is 3.79 Å². The summed E-state index contributed by atoms with van der Waals surface area (Å²) >= 11 is 17.6. The van der Waals surface area contributed by atoms with Gasteiger partial charge in [0.15, 0.2) is 0 Å². The average Bonchev–Trinajstić information content (AvgIpc) is 2.53. The molecule has 0 aliphatic heterocycles. The predicted octanol–water partition coefficient (Wildman–Crippen LogP) is 7.92. The number of hydrogen-bond acceptors (Lipinski definition) is 1. The van der Waals surface area contributed by atoms with Crippen LogP contribution < -0.4 is 4.74 Å². The molecule has 1 aromatic carbocycles. The standard InChI is InChI=1S/C19H15Cl3F6O/c1-3-29-15-9-11(4-6-13(15)17(20,21)22)8-12-5-7-14(18(23,24)25)16(10(12)2)19(26,27)28/h4-10H,3H2,1-2H3. The molecule has 10 heteroatoms. The Balaban J connectivity index is 2.53. The van der Waals surface area contributed by atoms with Crippen LogP contribution in [0.1, 0.15) is 25.0 Å². The molecule has 1 nitrogen and oxygen atoms in total. The van der Waals surface area contributed by atoms with Crippen molar-refractivity contribution in [3.8, 4) is 5.75 Å². The van der Waals surface area contributed by atoms with Gasteiger partial charge in [0.1, 0.15) is 5.75 Å². The van der Waals surface area contributed by atoms with Gasteiger partial charge in [0, 0.05) is 11.5 Å². The molecule has 160 valence electrons. The highest BCUT2D eigenvalue weighted by molar-refractivity contribution is 6.66. The van der Waals surface area contributed by atoms with E-state index in [9.17, 15) is 26.3 Å². The summed E-state index contributed by atoms with van der Waals surface area (Å²) < 4.78 is 82.9. The molecule has 1 atom stereocenters. The van der Waals surface area contributed by atoms with Crippen molar-refractivity contribution >= 4 is 40.9 Å². The van der Waals surface area contributed by atoms with Crippen molar-refractivity contribution in [2.75, 3.05) is 6.61 Å². The van der Waals surface area contributed by atoms with Crippen molar-refractivity contribution in [3.63, 3.8) is 0 Å². The molecular formula is C19H15Cl3F6O. The first-order valence-electron chi connectivity index (χ1n) is 8.28. The molecule has 0 saturated heterocycles. The largest absolute Gasteiger partial charge is 0.493 e. The van der Waals surface area contributed by atoms with E-state index in [1.54, 1.807) is 6.92 Å². The third-order valence-corrected chi connectivity index (χ3v) is 4.83. The second-order valence-electron chi connectivity index (χ2n) is 6.21. The topological polar surface area (TPSA) is 9.23 Å². The molecule has 1 aromatic rings. The maximum atomic E-state index is 13.3. The van der Waals surface area contributed by atoms with Crippen molar-refractivity contribution in [2.45, 2.75) is 30.0 Å². The predicted molar refractivity (Wildman–Crippen MR) is 102 cm³/mol. The molecular weight excluding hydrogens is 465 g/mol. The molecule has 0 spiro atoms. The lowest BCUT2D eigenvalue weighted by atomic mass is 9.83. The molecule has 29 heavy (non-hydrogen) atoms. The van der Waals surface area contributed by atoms with Gasteiger partial charge >= 0.3 is 12.4 Å². The summed E-state index contributed by atoms with van der Waals surface area (Å²) in [5.74, 6) is -1.32. The summed E-state index contributed by atoms with van der Waals surface area (Å²) in [6.07, 6.45) is -7.45. The van der Waals surface area contributed by atoms with Gasteiger partial charge in [-0.15, -0.1) is 0 Å². The summed E-state index contributed by atoms with van der Waals surface area (Å²) in [5.41, 5.74) is -2.67. The first-order chi connectivity index (χ1) is 13.2. The van der Waals surface area contributed by atoms with Crippen LogP contribution in [-0.2, 0) is 3.79 Å². The normalized spacial score (nSPS) is 19.8. The zero-order valence-corrected chi connectivity index (χ0v) is 17.3. The molecule has 0 radical (unpaired) electrons. The average molecular weight is 480 g/mol. The van der Waals surface area contributed by atoms with E-state index in [0.29, 0.717) is 11.6 Å². The third kappa shape index (κ3) is 5.64. The fourth-order valence-electron chi connectivity index (χ4n) is 2.96. The highest BCUT2D eigenvalue weighted by atomic mass is 35.6. The second-order valence-corrected chi connectivity index (χ2v) is 8.49. The first kappa shape index (κ1) is 24.0. The van der Waals surface area contributed by atoms with Crippen molar-refractivity contribution in [2.24, 2.45) is 5.92 Å². The molecule has 1 aliphatic carbocycles. The van der Waals surface area contributed by atoms with Gasteiger partial charge in [-0.05, 0) is 30.2 Å². The molecule has 1 aliphatic rings. The molecule has 0 bridgehead atoms. The number of hydrogen-bond donors (Lipinski definition) is 0. The van der Waals surface area contributed by atoms with Crippen LogP contribution >= 0.6 is 34.8 Å². The highest BCUT2D eigenvalue weighted by Gasteiger charge is 2.48. The highest BCUT2D eigenvalue weighted by Crippen LogP contribution is 2.46. The van der Waals surface area contributed by atoms with Gasteiger partial charge in [0.25, 0.3) is 0 Å². The maximum Gasteiger partial charge on any atom is 0.416 e. The quantitative estimate of drug-likeness (QED) is 0.316. The summed E-state index contributed by atoms with van der Waals surface area (Å²) in [6, 6.07) is 4.36. The van der Waals surface area contributed by atoms with Crippen LogP contribution in [-0.4, -0.2) is 19.0 Å². The minimum Gasteiger partial charge on any atom is -0.493 e. The van der Waals surface area contributed by atoms with Gasteiger partial charge in [-0.25, -0.2) is 0 Å². The number of allylic oxidation sites excluding steroid dienone is 5. The van der Waals surface area contributed by atoms with E-state index in [0.717, 1.165) is 13.0 Å². The van der Waals surface area contributed by atoms with E-state index in [-0.39, 0.29) is 23.5 Å². The monoisotopic (exact) mass is 478 g/mol. The van der Waals surface area contributed by atoms with Gasteiger partial charge in [0.05, 0.1) is 17.8 Å². The Morgan fingerprint density at radius 2 is 1.62 bits per heavy atom. The maximum absolute atomic E-state index is 13.3. The lowest BCUT2D eigenvalue weighted by Gasteiger charge is -2.27. The van der Waals surface area contributed by atoms with E-state index >= 15 is 0 Å². The fourth-order valence-corrected chi connectivity index (χ4v) is 3.43. The van der Waals surface area contributed by atoms with Crippen molar-refractivity contribution < 1.29 is 31.1 Å². The molecule has 2 rings (SSSR count). The molecule has 0 aromatic heterocycles. The number of rotatable bonds is 3.